The first-order chi connectivity index (χ1) is 8.74. The number of carbonyl (C=O) groups excluding carboxylic acids is 1. The molecular formula is C15H15BO2. The van der Waals surface area contributed by atoms with E-state index >= 15 is 0 Å². The van der Waals surface area contributed by atoms with Crippen LogP contribution in [0.3, 0.4) is 0 Å². The lowest BCUT2D eigenvalue weighted by molar-refractivity contribution is 0.0966. The van der Waals surface area contributed by atoms with Gasteiger partial charge in [-0.1, -0.05) is 42.4 Å². The van der Waals surface area contributed by atoms with Crippen LogP contribution in [0, 0.1) is 0 Å². The van der Waals surface area contributed by atoms with E-state index in [9.17, 15) is 4.79 Å². The van der Waals surface area contributed by atoms with Crippen molar-refractivity contribution in [1.29, 1.82) is 0 Å². The molecule has 1 aliphatic rings. The Balaban J connectivity index is 1.82. The highest BCUT2D eigenvalue weighted by molar-refractivity contribution is 6.73. The van der Waals surface area contributed by atoms with E-state index in [2.05, 4.69) is 25.0 Å². The summed E-state index contributed by atoms with van der Waals surface area (Å²) in [6.45, 7) is 2.88. The molecule has 0 N–H and O–H groups in total. The molecule has 0 bridgehead atoms. The minimum Gasteiger partial charge on any atom is -0.461 e. The lowest BCUT2D eigenvalue weighted by atomic mass is 9.48. The van der Waals surface area contributed by atoms with Crippen molar-refractivity contribution in [2.75, 3.05) is 0 Å². The zero-order chi connectivity index (χ0) is 12.5. The highest BCUT2D eigenvalue weighted by Gasteiger charge is 2.22. The second-order valence-electron chi connectivity index (χ2n) is 5.05. The van der Waals surface area contributed by atoms with Gasteiger partial charge in [-0.25, -0.2) is 0 Å². The van der Waals surface area contributed by atoms with Crippen LogP contribution in [0.2, 0.25) is 13.1 Å². The summed E-state index contributed by atoms with van der Waals surface area (Å²) >= 11 is 0. The van der Waals surface area contributed by atoms with E-state index in [0.29, 0.717) is 18.9 Å². The number of hydrogen-bond acceptors (Lipinski definition) is 2. The number of rotatable bonds is 3. The maximum atomic E-state index is 12.0. The third-order valence-corrected chi connectivity index (χ3v) is 3.75. The molecular weight excluding hydrogens is 223 g/mol. The number of Topliss-reactive ketones (excluding diaryl/α,β-unsaturated/α-hetero) is 1. The van der Waals surface area contributed by atoms with E-state index in [1.165, 1.54) is 30.0 Å². The Kier molecular flexibility index (Phi) is 2.82. The van der Waals surface area contributed by atoms with Crippen LogP contribution in [-0.2, 0) is 12.8 Å². The van der Waals surface area contributed by atoms with Crippen LogP contribution in [0.25, 0.3) is 0 Å². The molecule has 0 amide bonds. The fourth-order valence-electron chi connectivity index (χ4n) is 2.68. The first-order valence-corrected chi connectivity index (χ1v) is 6.42. The highest BCUT2D eigenvalue weighted by atomic mass is 16.3. The summed E-state index contributed by atoms with van der Waals surface area (Å²) < 4.78 is 5.13. The van der Waals surface area contributed by atoms with Crippen molar-refractivity contribution < 1.29 is 9.21 Å². The number of fused-ring (bicyclic) bond motifs is 1. The molecule has 3 heteroatoms. The summed E-state index contributed by atoms with van der Waals surface area (Å²) in [5.74, 6) is 0.495. The van der Waals surface area contributed by atoms with Crippen LogP contribution >= 0.6 is 0 Å². The van der Waals surface area contributed by atoms with Crippen molar-refractivity contribution in [3.05, 3.63) is 53.5 Å². The van der Waals surface area contributed by atoms with Gasteiger partial charge in [-0.05, 0) is 24.1 Å². The number of ketones is 1. The van der Waals surface area contributed by atoms with Gasteiger partial charge in [0.15, 0.2) is 12.5 Å². The third kappa shape index (κ3) is 2.01. The number of furan rings is 1. The average Bonchev–Trinajstić information content (AvgIpc) is 3.00. The predicted octanol–water partition coefficient (Wildman–Crippen LogP) is 2.59. The first kappa shape index (κ1) is 11.3. The smallest absolute Gasteiger partial charge is 0.202 e. The monoisotopic (exact) mass is 238 g/mol. The summed E-state index contributed by atoms with van der Waals surface area (Å²) in [4.78, 5) is 12.0. The lowest BCUT2D eigenvalue weighted by Gasteiger charge is -2.05. The zero-order valence-electron chi connectivity index (χ0n) is 10.5. The van der Waals surface area contributed by atoms with Gasteiger partial charge >= 0.3 is 0 Å². The fourth-order valence-corrected chi connectivity index (χ4v) is 2.68. The van der Waals surface area contributed by atoms with E-state index < -0.39 is 0 Å². The molecule has 90 valence electrons. The molecule has 0 radical (unpaired) electrons. The minimum atomic E-state index is 0.0469. The van der Waals surface area contributed by atoms with Crippen LogP contribution < -0.4 is 5.46 Å². The third-order valence-electron chi connectivity index (χ3n) is 3.75. The first-order valence-electron chi connectivity index (χ1n) is 6.42. The van der Waals surface area contributed by atoms with E-state index in [1.807, 2.05) is 0 Å². The van der Waals surface area contributed by atoms with E-state index in [0.717, 1.165) is 5.56 Å². The van der Waals surface area contributed by atoms with Gasteiger partial charge in [-0.2, -0.15) is 0 Å². The van der Waals surface area contributed by atoms with Crippen molar-refractivity contribution in [3.63, 3.8) is 0 Å². The Morgan fingerprint density at radius 1 is 1.39 bits per heavy atom. The van der Waals surface area contributed by atoms with Crippen molar-refractivity contribution in [3.8, 4) is 0 Å². The van der Waals surface area contributed by atoms with Gasteiger partial charge < -0.3 is 4.42 Å². The molecule has 0 atom stereocenters. The molecule has 2 nitrogen and oxygen atoms in total. The summed E-state index contributed by atoms with van der Waals surface area (Å²) in [7, 11) is 0. The highest BCUT2D eigenvalue weighted by Crippen LogP contribution is 2.16. The molecule has 1 aromatic carbocycles. The quantitative estimate of drug-likeness (QED) is 0.607. The average molecular weight is 238 g/mol. The van der Waals surface area contributed by atoms with E-state index in [-0.39, 0.29) is 5.78 Å². The maximum Gasteiger partial charge on any atom is 0.202 e. The second kappa shape index (κ2) is 4.49. The lowest BCUT2D eigenvalue weighted by Crippen LogP contribution is -2.23. The molecule has 3 rings (SSSR count). The van der Waals surface area contributed by atoms with Gasteiger partial charge in [0.25, 0.3) is 0 Å². The van der Waals surface area contributed by atoms with Gasteiger partial charge in [0.1, 0.15) is 0 Å². The van der Waals surface area contributed by atoms with Gasteiger partial charge in [0.05, 0.1) is 6.26 Å². The Hall–Kier alpha value is -1.77. The van der Waals surface area contributed by atoms with Crippen LogP contribution in [-0.4, -0.2) is 12.5 Å². The predicted molar refractivity (Wildman–Crippen MR) is 72.9 cm³/mol. The molecule has 1 aromatic heterocycles. The Labute approximate surface area is 107 Å². The van der Waals surface area contributed by atoms with Crippen molar-refractivity contribution in [1.82, 2.24) is 0 Å². The molecule has 0 fully saturated rings. The number of hydrogen-bond donors (Lipinski definition) is 0. The van der Waals surface area contributed by atoms with Crippen molar-refractivity contribution >= 4 is 18.0 Å². The van der Waals surface area contributed by atoms with Crippen LogP contribution in [0.15, 0.2) is 41.0 Å². The summed E-state index contributed by atoms with van der Waals surface area (Å²) in [6.07, 6.45) is 4.36. The fraction of sp³-hybridized carbons (Fsp3) is 0.267. The van der Waals surface area contributed by atoms with Gasteiger partial charge in [0.2, 0.25) is 5.78 Å². The van der Waals surface area contributed by atoms with Crippen LogP contribution in [0.5, 0.6) is 0 Å². The van der Waals surface area contributed by atoms with Crippen LogP contribution in [0.1, 0.15) is 21.7 Å². The molecule has 2 aromatic rings. The normalized spacial score (nSPS) is 13.7. The summed E-state index contributed by atoms with van der Waals surface area (Å²) in [5, 5.41) is 0. The molecule has 0 saturated carbocycles. The van der Waals surface area contributed by atoms with Gasteiger partial charge in [0, 0.05) is 6.42 Å². The summed E-state index contributed by atoms with van der Waals surface area (Å²) in [5.41, 5.74) is 3.94. The van der Waals surface area contributed by atoms with Gasteiger partial charge in [-0.15, -0.1) is 0 Å². The number of carbonyl (C=O) groups is 1. The Bertz CT molecular complexity index is 572. The molecule has 0 unspecified atom stereocenters. The van der Waals surface area contributed by atoms with E-state index in [4.69, 9.17) is 4.42 Å². The molecule has 0 spiro atoms. The van der Waals surface area contributed by atoms with Crippen molar-refractivity contribution in [2.24, 2.45) is 0 Å². The zero-order valence-corrected chi connectivity index (χ0v) is 10.5. The molecule has 0 aliphatic carbocycles. The Morgan fingerprint density at radius 2 is 2.28 bits per heavy atom. The summed E-state index contributed by atoms with van der Waals surface area (Å²) in [6, 6.07) is 9.89. The number of benzene rings is 1. The van der Waals surface area contributed by atoms with Crippen LogP contribution in [0.4, 0.5) is 0 Å². The van der Waals surface area contributed by atoms with Gasteiger partial charge in [-0.3, -0.25) is 4.79 Å². The standard InChI is InChI=1S/C15H15BO2/c1-16-7-6-12-5-4-11(9-13(12)16)10-14(17)15-3-2-8-18-15/h2-5,8-9H,6-7,10H2,1H3. The second-order valence-corrected chi connectivity index (χ2v) is 5.05. The topological polar surface area (TPSA) is 30.2 Å². The maximum absolute atomic E-state index is 12.0. The molecule has 0 saturated heterocycles. The molecule has 1 aliphatic heterocycles. The SMILES string of the molecule is CB1CCc2ccc(CC(=O)c3ccco3)cc21. The minimum absolute atomic E-state index is 0.0469. The largest absolute Gasteiger partial charge is 0.461 e. The number of aryl methyl sites for hydroxylation is 1. The Morgan fingerprint density at radius 3 is 3.06 bits per heavy atom. The van der Waals surface area contributed by atoms with Crippen molar-refractivity contribution in [2.45, 2.75) is 26.0 Å². The molecule has 18 heavy (non-hydrogen) atoms. The van der Waals surface area contributed by atoms with E-state index in [1.54, 1.807) is 12.1 Å². The molecule has 2 heterocycles.